The quantitative estimate of drug-likeness (QED) is 0.834. The number of hydrogen-bond acceptors (Lipinski definition) is 3. The number of carbonyl (C=O) groups is 2. The van der Waals surface area contributed by atoms with Crippen molar-refractivity contribution in [3.63, 3.8) is 0 Å². The Labute approximate surface area is 129 Å². The Kier molecular flexibility index (Phi) is 5.36. The molecule has 1 aromatic heterocycles. The van der Waals surface area contributed by atoms with Crippen molar-refractivity contribution < 1.29 is 14.0 Å². The molecule has 1 N–H and O–H groups in total. The average molecular weight is 300 g/mol. The number of furan rings is 1. The molecular formula is C17H20N2O3. The Bertz CT molecular complexity index is 635. The van der Waals surface area contributed by atoms with Gasteiger partial charge in [0, 0.05) is 12.2 Å². The van der Waals surface area contributed by atoms with Crippen molar-refractivity contribution in [2.24, 2.45) is 0 Å². The van der Waals surface area contributed by atoms with Crippen LogP contribution in [0.1, 0.15) is 24.7 Å². The number of nitrogens with zero attached hydrogens (tertiary/aromatic N) is 1. The van der Waals surface area contributed by atoms with Crippen LogP contribution in [0.25, 0.3) is 0 Å². The minimum atomic E-state index is -0.312. The molecule has 0 unspecified atom stereocenters. The Morgan fingerprint density at radius 3 is 2.68 bits per heavy atom. The smallest absolute Gasteiger partial charge is 0.236 e. The fourth-order valence-corrected chi connectivity index (χ4v) is 2.19. The second kappa shape index (κ2) is 7.45. The maximum Gasteiger partial charge on any atom is 0.236 e. The molecule has 5 heteroatoms. The average Bonchev–Trinajstić information content (AvgIpc) is 2.99. The minimum Gasteiger partial charge on any atom is -0.467 e. The highest BCUT2D eigenvalue weighted by Crippen LogP contribution is 2.16. The van der Waals surface area contributed by atoms with Crippen molar-refractivity contribution in [2.45, 2.75) is 26.8 Å². The first-order valence-electron chi connectivity index (χ1n) is 7.26. The first kappa shape index (κ1) is 15.8. The number of anilines is 1. The van der Waals surface area contributed by atoms with Crippen molar-refractivity contribution in [1.29, 1.82) is 0 Å². The zero-order chi connectivity index (χ0) is 15.9. The van der Waals surface area contributed by atoms with Gasteiger partial charge in [-0.15, -0.1) is 0 Å². The van der Waals surface area contributed by atoms with Crippen molar-refractivity contribution in [3.8, 4) is 0 Å². The molecule has 0 aliphatic rings. The summed E-state index contributed by atoms with van der Waals surface area (Å²) in [4.78, 5) is 25.8. The fourth-order valence-electron chi connectivity index (χ4n) is 2.19. The van der Waals surface area contributed by atoms with E-state index in [1.54, 1.807) is 23.3 Å². The predicted octanol–water partition coefficient (Wildman–Crippen LogP) is 2.65. The molecule has 0 saturated heterocycles. The number of carbonyl (C=O) groups excluding carboxylic acids is 2. The summed E-state index contributed by atoms with van der Waals surface area (Å²) in [6, 6.07) is 11.2. The van der Waals surface area contributed by atoms with E-state index in [0.29, 0.717) is 12.3 Å². The number of aryl methyl sites for hydroxylation is 1. The maximum absolute atomic E-state index is 12.3. The fraction of sp³-hybridized carbons (Fsp3) is 0.294. The van der Waals surface area contributed by atoms with E-state index in [-0.39, 0.29) is 24.8 Å². The molecule has 2 amide bonds. The molecule has 0 aliphatic carbocycles. The van der Waals surface area contributed by atoms with Gasteiger partial charge in [0.15, 0.2) is 0 Å². The molecule has 2 rings (SSSR count). The van der Waals surface area contributed by atoms with Gasteiger partial charge >= 0.3 is 0 Å². The third kappa shape index (κ3) is 4.22. The molecule has 1 aromatic carbocycles. The summed E-state index contributed by atoms with van der Waals surface area (Å²) in [5.41, 5.74) is 1.89. The lowest BCUT2D eigenvalue weighted by molar-refractivity contribution is -0.128. The molecule has 0 spiro atoms. The summed E-state index contributed by atoms with van der Waals surface area (Å²) in [5, 5.41) is 2.68. The van der Waals surface area contributed by atoms with E-state index >= 15 is 0 Å². The summed E-state index contributed by atoms with van der Waals surface area (Å²) < 4.78 is 5.13. The molecule has 0 fully saturated rings. The highest BCUT2D eigenvalue weighted by Gasteiger charge is 2.17. The number of hydrogen-bond donors (Lipinski definition) is 1. The lowest BCUT2D eigenvalue weighted by Crippen LogP contribution is -2.35. The van der Waals surface area contributed by atoms with Crippen molar-refractivity contribution in [3.05, 3.63) is 54.0 Å². The molecule has 22 heavy (non-hydrogen) atoms. The van der Waals surface area contributed by atoms with Gasteiger partial charge in [-0.3, -0.25) is 9.59 Å². The van der Waals surface area contributed by atoms with Gasteiger partial charge in [-0.1, -0.05) is 12.1 Å². The number of benzene rings is 1. The van der Waals surface area contributed by atoms with Crippen LogP contribution in [0.2, 0.25) is 0 Å². The van der Waals surface area contributed by atoms with E-state index in [1.165, 1.54) is 0 Å². The number of nitrogens with one attached hydrogen (secondary N) is 1. The lowest BCUT2D eigenvalue weighted by Gasteiger charge is -2.21. The summed E-state index contributed by atoms with van der Waals surface area (Å²) in [6.45, 7) is 4.67. The number of amides is 2. The normalized spacial score (nSPS) is 10.3. The lowest BCUT2D eigenvalue weighted by atomic mass is 10.2. The number of rotatable bonds is 6. The van der Waals surface area contributed by atoms with E-state index in [1.807, 2.05) is 38.1 Å². The summed E-state index contributed by atoms with van der Waals surface area (Å²) in [6.07, 6.45) is 1.37. The maximum atomic E-state index is 12.3. The van der Waals surface area contributed by atoms with Crippen LogP contribution in [-0.4, -0.2) is 18.4 Å². The standard InChI is InChI=1S/C17H20N2O3/c1-3-19(14-7-4-6-13(2)10-14)17(21)11-16(20)18-12-15-8-5-9-22-15/h4-10H,3,11-12H2,1-2H3,(H,18,20). The molecular weight excluding hydrogens is 280 g/mol. The monoisotopic (exact) mass is 300 g/mol. The van der Waals surface area contributed by atoms with Crippen LogP contribution in [0, 0.1) is 6.92 Å². The Hall–Kier alpha value is -2.56. The van der Waals surface area contributed by atoms with Crippen LogP contribution < -0.4 is 10.2 Å². The largest absolute Gasteiger partial charge is 0.467 e. The van der Waals surface area contributed by atoms with Gasteiger partial charge in [-0.2, -0.15) is 0 Å². The van der Waals surface area contributed by atoms with Gasteiger partial charge in [-0.25, -0.2) is 0 Å². The molecule has 116 valence electrons. The highest BCUT2D eigenvalue weighted by molar-refractivity contribution is 6.04. The van der Waals surface area contributed by atoms with Crippen molar-refractivity contribution >= 4 is 17.5 Å². The van der Waals surface area contributed by atoms with E-state index in [9.17, 15) is 9.59 Å². The Morgan fingerprint density at radius 1 is 1.23 bits per heavy atom. The second-order valence-corrected chi connectivity index (χ2v) is 5.01. The van der Waals surface area contributed by atoms with Gasteiger partial charge in [0.25, 0.3) is 0 Å². The van der Waals surface area contributed by atoms with Crippen LogP contribution in [0.4, 0.5) is 5.69 Å². The third-order valence-corrected chi connectivity index (χ3v) is 3.28. The molecule has 5 nitrogen and oxygen atoms in total. The Balaban J connectivity index is 1.92. The van der Waals surface area contributed by atoms with E-state index in [0.717, 1.165) is 11.3 Å². The molecule has 0 atom stereocenters. The van der Waals surface area contributed by atoms with Crippen LogP contribution in [0.5, 0.6) is 0 Å². The molecule has 0 aliphatic heterocycles. The van der Waals surface area contributed by atoms with Crippen molar-refractivity contribution in [1.82, 2.24) is 5.32 Å². The zero-order valence-electron chi connectivity index (χ0n) is 12.8. The molecule has 0 bridgehead atoms. The summed E-state index contributed by atoms with van der Waals surface area (Å²) in [7, 11) is 0. The SMILES string of the molecule is CCN(C(=O)CC(=O)NCc1ccco1)c1cccc(C)c1. The van der Waals surface area contributed by atoms with Gasteiger partial charge in [0.2, 0.25) is 11.8 Å². The van der Waals surface area contributed by atoms with Gasteiger partial charge in [-0.05, 0) is 43.7 Å². The van der Waals surface area contributed by atoms with Crippen LogP contribution in [0.3, 0.4) is 0 Å². The van der Waals surface area contributed by atoms with Gasteiger partial charge in [0.05, 0.1) is 12.8 Å². The predicted molar refractivity (Wildman–Crippen MR) is 84.4 cm³/mol. The topological polar surface area (TPSA) is 62.6 Å². The second-order valence-electron chi connectivity index (χ2n) is 5.01. The summed E-state index contributed by atoms with van der Waals surface area (Å²) >= 11 is 0. The molecule has 0 radical (unpaired) electrons. The zero-order valence-corrected chi connectivity index (χ0v) is 12.8. The van der Waals surface area contributed by atoms with E-state index in [4.69, 9.17) is 4.42 Å². The first-order valence-corrected chi connectivity index (χ1v) is 7.26. The van der Waals surface area contributed by atoms with Gasteiger partial charge < -0.3 is 14.6 Å². The Morgan fingerprint density at radius 2 is 2.05 bits per heavy atom. The van der Waals surface area contributed by atoms with Crippen molar-refractivity contribution in [2.75, 3.05) is 11.4 Å². The first-order chi connectivity index (χ1) is 10.6. The van der Waals surface area contributed by atoms with Gasteiger partial charge in [0.1, 0.15) is 12.2 Å². The van der Waals surface area contributed by atoms with Crippen LogP contribution >= 0.6 is 0 Å². The molecule has 0 saturated carbocycles. The summed E-state index contributed by atoms with van der Waals surface area (Å²) in [5.74, 6) is 0.129. The molecule has 2 aromatic rings. The van der Waals surface area contributed by atoms with E-state index < -0.39 is 0 Å². The van der Waals surface area contributed by atoms with Crippen LogP contribution in [0.15, 0.2) is 47.1 Å². The van der Waals surface area contributed by atoms with E-state index in [2.05, 4.69) is 5.32 Å². The molecule has 1 heterocycles. The highest BCUT2D eigenvalue weighted by atomic mass is 16.3. The van der Waals surface area contributed by atoms with Crippen LogP contribution in [-0.2, 0) is 16.1 Å². The minimum absolute atomic E-state index is 0.178. The third-order valence-electron chi connectivity index (χ3n) is 3.28.